The van der Waals surface area contributed by atoms with Gasteiger partial charge in [-0.15, -0.1) is 11.8 Å². The summed E-state index contributed by atoms with van der Waals surface area (Å²) in [6.07, 6.45) is 7.23. The molecule has 4 nitrogen and oxygen atoms in total. The van der Waals surface area contributed by atoms with Gasteiger partial charge >= 0.3 is 0 Å². The molecule has 2 rings (SSSR count). The molecule has 1 aromatic rings. The Hall–Kier alpha value is -1.49. The summed E-state index contributed by atoms with van der Waals surface area (Å²) in [5, 5.41) is 6.13. The number of aryl methyl sites for hydroxylation is 2. The molecule has 1 aromatic carbocycles. The Kier molecular flexibility index (Phi) is 8.49. The Morgan fingerprint density at radius 3 is 2.46 bits per heavy atom. The predicted molar refractivity (Wildman–Crippen MR) is 111 cm³/mol. The third kappa shape index (κ3) is 6.67. The van der Waals surface area contributed by atoms with Crippen molar-refractivity contribution in [3.05, 3.63) is 29.3 Å². The topological polar surface area (TPSA) is 58.2 Å². The molecule has 0 aliphatic heterocycles. The van der Waals surface area contributed by atoms with E-state index in [1.165, 1.54) is 19.3 Å². The van der Waals surface area contributed by atoms with Crippen LogP contribution in [0.4, 0.5) is 5.69 Å². The minimum Gasteiger partial charge on any atom is -0.352 e. The van der Waals surface area contributed by atoms with Crippen molar-refractivity contribution in [2.75, 3.05) is 11.1 Å². The van der Waals surface area contributed by atoms with Crippen LogP contribution in [0.3, 0.4) is 0 Å². The van der Waals surface area contributed by atoms with Gasteiger partial charge in [0.2, 0.25) is 11.8 Å². The summed E-state index contributed by atoms with van der Waals surface area (Å²) in [6, 6.07) is 6.37. The molecule has 1 aliphatic rings. The number of nitrogens with one attached hydrogen (secondary N) is 2. The molecule has 26 heavy (non-hydrogen) atoms. The number of thioether (sulfide) groups is 1. The molecule has 0 saturated heterocycles. The van der Waals surface area contributed by atoms with Crippen LogP contribution in [0.25, 0.3) is 0 Å². The molecule has 5 heteroatoms. The second kappa shape index (κ2) is 10.6. The second-order valence-electron chi connectivity index (χ2n) is 7.28. The first-order valence-electron chi connectivity index (χ1n) is 9.75. The average molecular weight is 377 g/mol. The zero-order chi connectivity index (χ0) is 18.9. The van der Waals surface area contributed by atoms with Crippen LogP contribution in [0, 0.1) is 13.8 Å². The lowest BCUT2D eigenvalue weighted by Crippen LogP contribution is -2.40. The molecule has 0 heterocycles. The molecule has 1 atom stereocenters. The molecule has 1 saturated carbocycles. The van der Waals surface area contributed by atoms with Crippen molar-refractivity contribution >= 4 is 29.3 Å². The molecule has 1 fully saturated rings. The largest absolute Gasteiger partial charge is 0.352 e. The molecular weight excluding hydrogens is 344 g/mol. The first-order valence-corrected chi connectivity index (χ1v) is 10.8. The van der Waals surface area contributed by atoms with Gasteiger partial charge in [0.1, 0.15) is 0 Å². The lowest BCUT2D eigenvalue weighted by Gasteiger charge is -2.24. The van der Waals surface area contributed by atoms with E-state index in [1.807, 2.05) is 39.0 Å². The standard InChI is InChI=1S/C21H32N2O2S/c1-15-9-7-10-16(2)20(15)23-19(24)13-8-14-26-17(3)21(25)22-18-11-5-4-6-12-18/h7,9-10,17-18H,4-6,8,11-14H2,1-3H3,(H,22,25)(H,23,24). The fraction of sp³-hybridized carbons (Fsp3) is 0.619. The van der Waals surface area contributed by atoms with Crippen molar-refractivity contribution in [2.24, 2.45) is 0 Å². The van der Waals surface area contributed by atoms with Crippen LogP contribution < -0.4 is 10.6 Å². The number of para-hydroxylation sites is 1. The summed E-state index contributed by atoms with van der Waals surface area (Å²) in [6.45, 7) is 5.97. The molecule has 0 bridgehead atoms. The zero-order valence-electron chi connectivity index (χ0n) is 16.3. The molecule has 1 aliphatic carbocycles. The zero-order valence-corrected chi connectivity index (χ0v) is 17.1. The molecule has 0 aromatic heterocycles. The minimum absolute atomic E-state index is 0.0438. The van der Waals surface area contributed by atoms with Crippen molar-refractivity contribution in [1.29, 1.82) is 0 Å². The lowest BCUT2D eigenvalue weighted by atomic mass is 9.95. The normalized spacial score (nSPS) is 16.1. The van der Waals surface area contributed by atoms with E-state index in [1.54, 1.807) is 11.8 Å². The van der Waals surface area contributed by atoms with E-state index in [0.29, 0.717) is 12.5 Å². The monoisotopic (exact) mass is 376 g/mol. The highest BCUT2D eigenvalue weighted by Gasteiger charge is 2.19. The highest BCUT2D eigenvalue weighted by molar-refractivity contribution is 8.00. The molecular formula is C21H32N2O2S. The van der Waals surface area contributed by atoms with Gasteiger partial charge in [0, 0.05) is 18.2 Å². The van der Waals surface area contributed by atoms with E-state index in [2.05, 4.69) is 10.6 Å². The van der Waals surface area contributed by atoms with Crippen molar-refractivity contribution in [2.45, 2.75) is 77.0 Å². The summed E-state index contributed by atoms with van der Waals surface area (Å²) >= 11 is 1.64. The first kappa shape index (κ1) is 20.8. The smallest absolute Gasteiger partial charge is 0.233 e. The Labute approximate surface area is 161 Å². The number of rotatable bonds is 8. The lowest BCUT2D eigenvalue weighted by molar-refractivity contribution is -0.121. The Morgan fingerprint density at radius 1 is 1.15 bits per heavy atom. The SMILES string of the molecule is Cc1cccc(C)c1NC(=O)CCCSC(C)C(=O)NC1CCCCC1. The van der Waals surface area contributed by atoms with E-state index in [-0.39, 0.29) is 17.1 Å². The van der Waals surface area contributed by atoms with E-state index in [4.69, 9.17) is 0 Å². The van der Waals surface area contributed by atoms with Crippen LogP contribution in [0.2, 0.25) is 0 Å². The van der Waals surface area contributed by atoms with Crippen LogP contribution in [0.15, 0.2) is 18.2 Å². The van der Waals surface area contributed by atoms with Crippen LogP contribution in [-0.2, 0) is 9.59 Å². The fourth-order valence-electron chi connectivity index (χ4n) is 3.35. The van der Waals surface area contributed by atoms with Gasteiger partial charge in [-0.25, -0.2) is 0 Å². The summed E-state index contributed by atoms with van der Waals surface area (Å²) in [5.41, 5.74) is 3.09. The first-order chi connectivity index (χ1) is 12.5. The predicted octanol–water partition coefficient (Wildman–Crippen LogP) is 4.59. The van der Waals surface area contributed by atoms with Gasteiger partial charge < -0.3 is 10.6 Å². The number of anilines is 1. The number of carbonyl (C=O) groups is 2. The van der Waals surface area contributed by atoms with E-state index in [0.717, 1.165) is 41.8 Å². The summed E-state index contributed by atoms with van der Waals surface area (Å²) in [7, 11) is 0. The van der Waals surface area contributed by atoms with Crippen molar-refractivity contribution in [1.82, 2.24) is 5.32 Å². The highest BCUT2D eigenvalue weighted by atomic mass is 32.2. The third-order valence-corrected chi connectivity index (χ3v) is 6.22. The highest BCUT2D eigenvalue weighted by Crippen LogP contribution is 2.21. The minimum atomic E-state index is -0.0569. The van der Waals surface area contributed by atoms with Gasteiger partial charge in [-0.3, -0.25) is 9.59 Å². The van der Waals surface area contributed by atoms with E-state index in [9.17, 15) is 9.59 Å². The van der Waals surface area contributed by atoms with Gasteiger partial charge in [-0.1, -0.05) is 37.5 Å². The van der Waals surface area contributed by atoms with Crippen molar-refractivity contribution in [3.8, 4) is 0 Å². The van der Waals surface area contributed by atoms with Crippen LogP contribution in [0.5, 0.6) is 0 Å². The maximum atomic E-state index is 12.2. The number of benzene rings is 1. The quantitative estimate of drug-likeness (QED) is 0.652. The van der Waals surface area contributed by atoms with E-state index < -0.39 is 0 Å². The number of hydrogen-bond donors (Lipinski definition) is 2. The Bertz CT molecular complexity index is 592. The maximum absolute atomic E-state index is 12.2. The van der Waals surface area contributed by atoms with Crippen LogP contribution in [-0.4, -0.2) is 28.9 Å². The number of carbonyl (C=O) groups excluding carboxylic acids is 2. The van der Waals surface area contributed by atoms with Gasteiger partial charge in [-0.05, 0) is 56.9 Å². The Morgan fingerprint density at radius 2 is 1.81 bits per heavy atom. The van der Waals surface area contributed by atoms with E-state index >= 15 is 0 Å². The second-order valence-corrected chi connectivity index (χ2v) is 8.72. The molecule has 1 unspecified atom stereocenters. The van der Waals surface area contributed by atoms with Crippen molar-refractivity contribution in [3.63, 3.8) is 0 Å². The van der Waals surface area contributed by atoms with Crippen LogP contribution in [0.1, 0.15) is 63.0 Å². The number of amides is 2. The summed E-state index contributed by atoms with van der Waals surface area (Å²) < 4.78 is 0. The average Bonchev–Trinajstić information content (AvgIpc) is 2.62. The van der Waals surface area contributed by atoms with Gasteiger partial charge in [0.05, 0.1) is 5.25 Å². The molecule has 2 N–H and O–H groups in total. The summed E-state index contributed by atoms with van der Waals surface area (Å²) in [5.74, 6) is 1.00. The molecule has 0 radical (unpaired) electrons. The van der Waals surface area contributed by atoms with Crippen LogP contribution >= 0.6 is 11.8 Å². The Balaban J connectivity index is 1.64. The van der Waals surface area contributed by atoms with Gasteiger partial charge in [0.15, 0.2) is 0 Å². The fourth-order valence-corrected chi connectivity index (χ4v) is 4.23. The van der Waals surface area contributed by atoms with Gasteiger partial charge in [0.25, 0.3) is 0 Å². The summed E-state index contributed by atoms with van der Waals surface area (Å²) in [4.78, 5) is 24.4. The molecule has 0 spiro atoms. The van der Waals surface area contributed by atoms with Crippen molar-refractivity contribution < 1.29 is 9.59 Å². The third-order valence-electron chi connectivity index (χ3n) is 4.98. The molecule has 144 valence electrons. The number of hydrogen-bond acceptors (Lipinski definition) is 3. The van der Waals surface area contributed by atoms with Gasteiger partial charge in [-0.2, -0.15) is 0 Å². The maximum Gasteiger partial charge on any atom is 0.233 e. The molecule has 2 amide bonds.